The van der Waals surface area contributed by atoms with E-state index in [9.17, 15) is 0 Å². The molecule has 7 heteroatoms. The Balaban J connectivity index is 1.98. The summed E-state index contributed by atoms with van der Waals surface area (Å²) in [5.74, 6) is 0.409. The summed E-state index contributed by atoms with van der Waals surface area (Å²) in [6.07, 6.45) is 4.96. The number of nitrogens with zero attached hydrogens (tertiary/aromatic N) is 4. The molecule has 0 aliphatic rings. The lowest BCUT2D eigenvalue weighted by molar-refractivity contribution is -0.159. The molecule has 0 aliphatic heterocycles. The summed E-state index contributed by atoms with van der Waals surface area (Å²) >= 11 is 0. The molecular formula is C14H23N5O2. The number of nitrogen functional groups attached to an aromatic ring is 1. The highest BCUT2D eigenvalue weighted by Crippen LogP contribution is 2.16. The molecule has 0 radical (unpaired) electrons. The fraction of sp³-hybridized carbons (Fsp3) is 0.643. The molecule has 116 valence electrons. The molecule has 0 aliphatic carbocycles. The molecule has 2 atom stereocenters. The van der Waals surface area contributed by atoms with Crippen molar-refractivity contribution in [2.75, 3.05) is 12.3 Å². The van der Waals surface area contributed by atoms with Gasteiger partial charge < -0.3 is 19.8 Å². The number of nitrogens with two attached hydrogens (primary N) is 1. The average Bonchev–Trinajstić information content (AvgIpc) is 2.88. The minimum atomic E-state index is -0.183. The Hall–Kier alpha value is -1.73. The van der Waals surface area contributed by atoms with E-state index in [0.717, 1.165) is 25.0 Å². The molecule has 2 heterocycles. The van der Waals surface area contributed by atoms with Gasteiger partial charge in [-0.3, -0.25) is 0 Å². The van der Waals surface area contributed by atoms with Crippen LogP contribution in [-0.2, 0) is 16.0 Å². The lowest BCUT2D eigenvalue weighted by Crippen LogP contribution is -2.23. The van der Waals surface area contributed by atoms with Crippen molar-refractivity contribution in [2.45, 2.75) is 52.6 Å². The van der Waals surface area contributed by atoms with Gasteiger partial charge in [0, 0.05) is 13.2 Å². The van der Waals surface area contributed by atoms with Gasteiger partial charge in [0.2, 0.25) is 0 Å². The quantitative estimate of drug-likeness (QED) is 0.749. The summed E-state index contributed by atoms with van der Waals surface area (Å²) in [7, 11) is 0. The van der Waals surface area contributed by atoms with Gasteiger partial charge >= 0.3 is 0 Å². The van der Waals surface area contributed by atoms with Gasteiger partial charge in [-0.05, 0) is 26.7 Å². The topological polar surface area (TPSA) is 88.1 Å². The lowest BCUT2D eigenvalue weighted by atomic mass is 10.2. The van der Waals surface area contributed by atoms with E-state index < -0.39 is 0 Å². The van der Waals surface area contributed by atoms with E-state index in [1.54, 1.807) is 6.33 Å². The number of imidazole rings is 1. The molecule has 7 nitrogen and oxygen atoms in total. The van der Waals surface area contributed by atoms with Gasteiger partial charge in [-0.1, -0.05) is 6.92 Å². The van der Waals surface area contributed by atoms with Gasteiger partial charge in [-0.2, -0.15) is 0 Å². The van der Waals surface area contributed by atoms with Crippen LogP contribution in [0.3, 0.4) is 0 Å². The van der Waals surface area contributed by atoms with Gasteiger partial charge in [-0.15, -0.1) is 0 Å². The minimum Gasteiger partial charge on any atom is -0.382 e. The van der Waals surface area contributed by atoms with Crippen LogP contribution in [0.25, 0.3) is 11.2 Å². The van der Waals surface area contributed by atoms with Crippen molar-refractivity contribution in [1.29, 1.82) is 0 Å². The Morgan fingerprint density at radius 3 is 2.81 bits per heavy atom. The van der Waals surface area contributed by atoms with Gasteiger partial charge in [-0.25, -0.2) is 15.0 Å². The van der Waals surface area contributed by atoms with Crippen LogP contribution in [-0.4, -0.2) is 38.5 Å². The molecule has 0 aromatic carbocycles. The first-order valence-corrected chi connectivity index (χ1v) is 7.34. The molecule has 0 bridgehead atoms. The van der Waals surface area contributed by atoms with E-state index in [2.05, 4.69) is 21.9 Å². The molecule has 2 aromatic heterocycles. The van der Waals surface area contributed by atoms with Crippen molar-refractivity contribution >= 4 is 17.0 Å². The highest BCUT2D eigenvalue weighted by molar-refractivity contribution is 5.80. The number of fused-ring (bicyclic) bond motifs is 1. The minimum absolute atomic E-state index is 0.142. The number of hydrogen-bond acceptors (Lipinski definition) is 6. The Labute approximate surface area is 124 Å². The molecular weight excluding hydrogens is 270 g/mol. The van der Waals surface area contributed by atoms with Crippen molar-refractivity contribution in [3.8, 4) is 0 Å². The zero-order valence-electron chi connectivity index (χ0n) is 12.8. The van der Waals surface area contributed by atoms with Crippen molar-refractivity contribution in [2.24, 2.45) is 0 Å². The predicted octanol–water partition coefficient (Wildman–Crippen LogP) is 1.98. The zero-order chi connectivity index (χ0) is 15.2. The second kappa shape index (κ2) is 7.33. The Morgan fingerprint density at radius 1 is 1.29 bits per heavy atom. The van der Waals surface area contributed by atoms with E-state index in [1.165, 1.54) is 6.33 Å². The maximum Gasteiger partial charge on any atom is 0.165 e. The Morgan fingerprint density at radius 2 is 2.10 bits per heavy atom. The summed E-state index contributed by atoms with van der Waals surface area (Å²) in [5.41, 5.74) is 7.19. The number of rotatable bonds is 8. The summed E-state index contributed by atoms with van der Waals surface area (Å²) in [6.45, 7) is 7.41. The smallest absolute Gasteiger partial charge is 0.165 e. The molecule has 2 aromatic rings. The summed E-state index contributed by atoms with van der Waals surface area (Å²) in [5, 5.41) is 0. The van der Waals surface area contributed by atoms with Gasteiger partial charge in [0.1, 0.15) is 11.8 Å². The van der Waals surface area contributed by atoms with Crippen LogP contribution < -0.4 is 5.73 Å². The molecule has 0 fully saturated rings. The highest BCUT2D eigenvalue weighted by Gasteiger charge is 2.13. The number of anilines is 1. The molecule has 2 N–H and O–H groups in total. The maximum atomic E-state index is 5.86. The first-order valence-electron chi connectivity index (χ1n) is 7.34. The largest absolute Gasteiger partial charge is 0.382 e. The van der Waals surface area contributed by atoms with Crippen LogP contribution in [0.1, 0.15) is 33.6 Å². The van der Waals surface area contributed by atoms with Crippen LogP contribution in [0.2, 0.25) is 0 Å². The number of aryl methyl sites for hydroxylation is 1. The molecule has 2 rings (SSSR count). The fourth-order valence-electron chi connectivity index (χ4n) is 2.26. The molecule has 0 amide bonds. The monoisotopic (exact) mass is 293 g/mol. The molecule has 0 saturated heterocycles. The Bertz CT molecular complexity index is 571. The molecule has 0 saturated carbocycles. The maximum absolute atomic E-state index is 5.86. The van der Waals surface area contributed by atoms with E-state index in [4.69, 9.17) is 15.2 Å². The highest BCUT2D eigenvalue weighted by atomic mass is 16.7. The third-order valence-corrected chi connectivity index (χ3v) is 3.36. The third kappa shape index (κ3) is 3.89. The average molecular weight is 293 g/mol. The lowest BCUT2D eigenvalue weighted by Gasteiger charge is -2.21. The number of aromatic nitrogens is 4. The normalized spacial score (nSPS) is 14.4. The first kappa shape index (κ1) is 15.7. The van der Waals surface area contributed by atoms with Crippen molar-refractivity contribution in [3.05, 3.63) is 12.7 Å². The van der Waals surface area contributed by atoms with E-state index in [0.29, 0.717) is 17.9 Å². The summed E-state index contributed by atoms with van der Waals surface area (Å²) in [4.78, 5) is 12.4. The molecule has 2 unspecified atom stereocenters. The van der Waals surface area contributed by atoms with Crippen LogP contribution >= 0.6 is 0 Å². The fourth-order valence-corrected chi connectivity index (χ4v) is 2.26. The van der Waals surface area contributed by atoms with Crippen molar-refractivity contribution in [3.63, 3.8) is 0 Å². The van der Waals surface area contributed by atoms with Gasteiger partial charge in [0.05, 0.1) is 12.4 Å². The van der Waals surface area contributed by atoms with Crippen LogP contribution in [0.4, 0.5) is 5.82 Å². The van der Waals surface area contributed by atoms with Crippen molar-refractivity contribution < 1.29 is 9.47 Å². The zero-order valence-corrected chi connectivity index (χ0v) is 12.8. The van der Waals surface area contributed by atoms with E-state index in [1.807, 2.05) is 18.4 Å². The third-order valence-electron chi connectivity index (χ3n) is 3.36. The van der Waals surface area contributed by atoms with Gasteiger partial charge in [0.25, 0.3) is 0 Å². The van der Waals surface area contributed by atoms with Crippen LogP contribution in [0, 0.1) is 0 Å². The second-order valence-corrected chi connectivity index (χ2v) is 4.85. The SMILES string of the molecule is CCOC(C)OC(CC)CCn1cnc2c(N)ncnc21. The van der Waals surface area contributed by atoms with Crippen LogP contribution in [0.5, 0.6) is 0 Å². The van der Waals surface area contributed by atoms with Crippen LogP contribution in [0.15, 0.2) is 12.7 Å². The first-order chi connectivity index (χ1) is 10.2. The number of hydrogen-bond donors (Lipinski definition) is 1. The number of ether oxygens (including phenoxy) is 2. The molecule has 21 heavy (non-hydrogen) atoms. The van der Waals surface area contributed by atoms with Gasteiger partial charge in [0.15, 0.2) is 17.8 Å². The summed E-state index contributed by atoms with van der Waals surface area (Å²) in [6, 6.07) is 0. The standard InChI is InChI=1S/C14H23N5O2/c1-4-11(21-10(3)20-5-2)6-7-19-9-18-12-13(15)16-8-17-14(12)19/h8-11H,4-7H2,1-3H3,(H2,15,16,17). The van der Waals surface area contributed by atoms with E-state index >= 15 is 0 Å². The van der Waals surface area contributed by atoms with E-state index in [-0.39, 0.29) is 12.4 Å². The van der Waals surface area contributed by atoms with Crippen molar-refractivity contribution in [1.82, 2.24) is 19.5 Å². The second-order valence-electron chi connectivity index (χ2n) is 4.85. The molecule has 0 spiro atoms. The Kier molecular flexibility index (Phi) is 5.46. The predicted molar refractivity (Wildman–Crippen MR) is 80.6 cm³/mol. The summed E-state index contributed by atoms with van der Waals surface area (Å²) < 4.78 is 13.3.